The molecule has 0 amide bonds. The number of aromatic nitrogens is 3. The zero-order valence-electron chi connectivity index (χ0n) is 8.80. The van der Waals surface area contributed by atoms with Crippen molar-refractivity contribution in [2.75, 3.05) is 20.2 Å². The maximum Gasteiger partial charge on any atom is 0.360 e. The third-order valence-electron chi connectivity index (χ3n) is 2.72. The van der Waals surface area contributed by atoms with E-state index in [0.29, 0.717) is 5.92 Å². The van der Waals surface area contributed by atoms with Crippen LogP contribution in [0.25, 0.3) is 0 Å². The van der Waals surface area contributed by atoms with Crippen molar-refractivity contribution in [2.45, 2.75) is 13.0 Å². The van der Waals surface area contributed by atoms with Gasteiger partial charge in [-0.2, -0.15) is 0 Å². The van der Waals surface area contributed by atoms with Crippen LogP contribution in [0.4, 0.5) is 0 Å². The molecule has 1 aromatic heterocycles. The van der Waals surface area contributed by atoms with Crippen molar-refractivity contribution in [2.24, 2.45) is 5.92 Å². The molecule has 6 heteroatoms. The predicted octanol–water partition coefficient (Wildman–Crippen LogP) is -0.155. The first-order chi connectivity index (χ1) is 7.22. The first-order valence-corrected chi connectivity index (χ1v) is 4.93. The van der Waals surface area contributed by atoms with Crippen molar-refractivity contribution in [3.05, 3.63) is 11.9 Å². The fraction of sp³-hybridized carbons (Fsp3) is 0.667. The Morgan fingerprint density at radius 2 is 2.47 bits per heavy atom. The summed E-state index contributed by atoms with van der Waals surface area (Å²) >= 11 is 0. The minimum atomic E-state index is -0.445. The van der Waals surface area contributed by atoms with E-state index in [9.17, 15) is 4.79 Å². The van der Waals surface area contributed by atoms with E-state index in [1.807, 2.05) is 0 Å². The highest BCUT2D eigenvalue weighted by molar-refractivity contribution is 5.86. The van der Waals surface area contributed by atoms with E-state index in [4.69, 9.17) is 0 Å². The molecule has 1 fully saturated rings. The molecule has 1 aromatic rings. The minimum absolute atomic E-state index is 0.261. The largest absolute Gasteiger partial charge is 0.464 e. The average Bonchev–Trinajstić information content (AvgIpc) is 2.84. The summed E-state index contributed by atoms with van der Waals surface area (Å²) in [6.45, 7) is 3.98. The molecule has 0 unspecified atom stereocenters. The molecule has 0 aliphatic carbocycles. The van der Waals surface area contributed by atoms with Crippen LogP contribution in [0.15, 0.2) is 6.20 Å². The van der Waals surface area contributed by atoms with Crippen LogP contribution in [0.3, 0.4) is 0 Å². The molecule has 0 aromatic carbocycles. The summed E-state index contributed by atoms with van der Waals surface area (Å²) in [4.78, 5) is 11.2. The first kappa shape index (κ1) is 10.1. The van der Waals surface area contributed by atoms with E-state index in [1.54, 1.807) is 10.9 Å². The van der Waals surface area contributed by atoms with Crippen LogP contribution in [0.2, 0.25) is 0 Å². The van der Waals surface area contributed by atoms with Gasteiger partial charge in [0, 0.05) is 6.54 Å². The Kier molecular flexibility index (Phi) is 2.68. The van der Waals surface area contributed by atoms with Gasteiger partial charge in [0.05, 0.1) is 19.3 Å². The molecule has 1 aliphatic heterocycles. The maximum atomic E-state index is 11.2. The zero-order valence-corrected chi connectivity index (χ0v) is 8.80. The summed E-state index contributed by atoms with van der Waals surface area (Å²) in [5.41, 5.74) is 0.261. The van der Waals surface area contributed by atoms with Crippen LogP contribution in [0, 0.1) is 5.92 Å². The van der Waals surface area contributed by atoms with E-state index in [2.05, 4.69) is 27.3 Å². The molecule has 1 saturated heterocycles. The van der Waals surface area contributed by atoms with Crippen LogP contribution < -0.4 is 5.32 Å². The van der Waals surface area contributed by atoms with Crippen molar-refractivity contribution in [1.82, 2.24) is 20.3 Å². The molecule has 2 rings (SSSR count). The molecular formula is C9H14N4O2. The number of ether oxygens (including phenoxy) is 1. The number of hydrogen-bond donors (Lipinski definition) is 1. The van der Waals surface area contributed by atoms with Gasteiger partial charge in [-0.3, -0.25) is 0 Å². The summed E-state index contributed by atoms with van der Waals surface area (Å²) in [5, 5.41) is 11.0. The van der Waals surface area contributed by atoms with Crippen molar-refractivity contribution in [3.63, 3.8) is 0 Å². The van der Waals surface area contributed by atoms with E-state index in [-0.39, 0.29) is 11.7 Å². The SMILES string of the molecule is COC(=O)c1cn([C@@H]2CNC[C@H]2C)nn1. The smallest absolute Gasteiger partial charge is 0.360 e. The standard InChI is InChI=1S/C9H14N4O2/c1-6-3-10-4-8(6)13-5-7(11-12-13)9(14)15-2/h5-6,8,10H,3-4H2,1-2H3/t6-,8-/m1/s1. The van der Waals surface area contributed by atoms with E-state index >= 15 is 0 Å². The topological polar surface area (TPSA) is 69.0 Å². The molecule has 15 heavy (non-hydrogen) atoms. The Labute approximate surface area is 87.6 Å². The molecule has 6 nitrogen and oxygen atoms in total. The van der Waals surface area contributed by atoms with Gasteiger partial charge < -0.3 is 10.1 Å². The lowest BCUT2D eigenvalue weighted by atomic mass is 10.1. The Bertz CT molecular complexity index is 363. The van der Waals surface area contributed by atoms with Gasteiger partial charge in [-0.25, -0.2) is 9.48 Å². The van der Waals surface area contributed by atoms with Gasteiger partial charge in [-0.05, 0) is 12.5 Å². The molecular weight excluding hydrogens is 196 g/mol. The van der Waals surface area contributed by atoms with E-state index in [1.165, 1.54) is 7.11 Å². The van der Waals surface area contributed by atoms with E-state index < -0.39 is 5.97 Å². The molecule has 2 heterocycles. The first-order valence-electron chi connectivity index (χ1n) is 4.93. The Balaban J connectivity index is 2.16. The molecule has 0 bridgehead atoms. The number of hydrogen-bond acceptors (Lipinski definition) is 5. The highest BCUT2D eigenvalue weighted by Crippen LogP contribution is 2.20. The number of nitrogens with zero attached hydrogens (tertiary/aromatic N) is 3. The summed E-state index contributed by atoms with van der Waals surface area (Å²) in [5.74, 6) is 0.0528. The van der Waals surface area contributed by atoms with E-state index in [0.717, 1.165) is 13.1 Å². The molecule has 1 aliphatic rings. The second-order valence-electron chi connectivity index (χ2n) is 3.78. The number of rotatable bonds is 2. The lowest BCUT2D eigenvalue weighted by molar-refractivity contribution is 0.0594. The normalized spacial score (nSPS) is 25.5. The van der Waals surface area contributed by atoms with Gasteiger partial charge in [-0.1, -0.05) is 12.1 Å². The zero-order chi connectivity index (χ0) is 10.8. The number of carbonyl (C=O) groups is 1. The highest BCUT2D eigenvalue weighted by Gasteiger charge is 2.26. The van der Waals surface area contributed by atoms with Crippen molar-refractivity contribution in [3.8, 4) is 0 Å². The van der Waals surface area contributed by atoms with Gasteiger partial charge in [0.1, 0.15) is 0 Å². The summed E-state index contributed by atoms with van der Waals surface area (Å²) in [6.07, 6.45) is 1.64. The maximum absolute atomic E-state index is 11.2. The molecule has 82 valence electrons. The van der Waals surface area contributed by atoms with Crippen molar-refractivity contribution in [1.29, 1.82) is 0 Å². The Morgan fingerprint density at radius 3 is 3.07 bits per heavy atom. The third-order valence-corrected chi connectivity index (χ3v) is 2.72. The molecule has 0 radical (unpaired) electrons. The Morgan fingerprint density at radius 1 is 1.67 bits per heavy atom. The van der Waals surface area contributed by atoms with Gasteiger partial charge in [0.25, 0.3) is 0 Å². The van der Waals surface area contributed by atoms with Gasteiger partial charge in [0.2, 0.25) is 0 Å². The monoisotopic (exact) mass is 210 g/mol. The number of carbonyl (C=O) groups excluding carboxylic acids is 1. The van der Waals surface area contributed by atoms with Crippen LogP contribution in [-0.2, 0) is 4.74 Å². The van der Waals surface area contributed by atoms with Crippen molar-refractivity contribution < 1.29 is 9.53 Å². The molecule has 2 atom stereocenters. The van der Waals surface area contributed by atoms with Gasteiger partial charge in [-0.15, -0.1) is 5.10 Å². The highest BCUT2D eigenvalue weighted by atomic mass is 16.5. The summed E-state index contributed by atoms with van der Waals surface area (Å²) < 4.78 is 6.30. The van der Waals surface area contributed by atoms with Crippen LogP contribution in [0.5, 0.6) is 0 Å². The quantitative estimate of drug-likeness (QED) is 0.687. The average molecular weight is 210 g/mol. The van der Waals surface area contributed by atoms with Crippen LogP contribution in [0.1, 0.15) is 23.5 Å². The van der Waals surface area contributed by atoms with Crippen LogP contribution in [-0.4, -0.2) is 41.2 Å². The lowest BCUT2D eigenvalue weighted by Crippen LogP contribution is -2.16. The lowest BCUT2D eigenvalue weighted by Gasteiger charge is -2.12. The number of methoxy groups -OCH3 is 1. The van der Waals surface area contributed by atoms with Crippen molar-refractivity contribution >= 4 is 5.97 Å². The second kappa shape index (κ2) is 3.98. The summed E-state index contributed by atoms with van der Waals surface area (Å²) in [6, 6.07) is 0.274. The Hall–Kier alpha value is -1.43. The molecule has 0 spiro atoms. The van der Waals surface area contributed by atoms with Gasteiger partial charge >= 0.3 is 5.97 Å². The fourth-order valence-electron chi connectivity index (χ4n) is 1.79. The molecule has 1 N–H and O–H groups in total. The fourth-order valence-corrected chi connectivity index (χ4v) is 1.79. The predicted molar refractivity (Wildman–Crippen MR) is 52.4 cm³/mol. The van der Waals surface area contributed by atoms with Crippen LogP contribution >= 0.6 is 0 Å². The number of esters is 1. The molecule has 0 saturated carbocycles. The van der Waals surface area contributed by atoms with Gasteiger partial charge in [0.15, 0.2) is 5.69 Å². The minimum Gasteiger partial charge on any atom is -0.464 e. The summed E-state index contributed by atoms with van der Waals surface area (Å²) in [7, 11) is 1.33. The number of nitrogens with one attached hydrogen (secondary N) is 1. The second-order valence-corrected chi connectivity index (χ2v) is 3.78. The third kappa shape index (κ3) is 1.85.